The summed E-state index contributed by atoms with van der Waals surface area (Å²) in [6.07, 6.45) is 4.72. The normalized spacial score (nSPS) is 44.4. The minimum absolute atomic E-state index is 0.133. The van der Waals surface area contributed by atoms with Crippen molar-refractivity contribution in [3.05, 3.63) is 0 Å². The van der Waals surface area contributed by atoms with Crippen LogP contribution in [0.4, 0.5) is 0 Å². The molecule has 0 aromatic rings. The van der Waals surface area contributed by atoms with Crippen LogP contribution in [0, 0.1) is 17.3 Å². The van der Waals surface area contributed by atoms with Crippen LogP contribution in [-0.4, -0.2) is 48.8 Å². The first kappa shape index (κ1) is 16.4. The summed E-state index contributed by atoms with van der Waals surface area (Å²) in [4.78, 5) is 10.9. The molecule has 0 bridgehead atoms. The zero-order valence-electron chi connectivity index (χ0n) is 13.2. The van der Waals surface area contributed by atoms with Gasteiger partial charge in [-0.1, -0.05) is 13.8 Å². The highest BCUT2D eigenvalue weighted by atomic mass is 32.2. The molecule has 22 heavy (non-hydrogen) atoms. The molecule has 1 heterocycles. The molecular formula is C15H26N2O4S. The van der Waals surface area contributed by atoms with Gasteiger partial charge in [-0.25, -0.2) is 0 Å². The summed E-state index contributed by atoms with van der Waals surface area (Å²) < 4.78 is 28.1. The van der Waals surface area contributed by atoms with Gasteiger partial charge in [-0.15, -0.1) is 0 Å². The second kappa shape index (κ2) is 5.54. The molecular weight excluding hydrogens is 304 g/mol. The third-order valence-electron chi connectivity index (χ3n) is 5.73. The van der Waals surface area contributed by atoms with Crippen molar-refractivity contribution in [1.82, 2.24) is 9.03 Å². The van der Waals surface area contributed by atoms with Crippen molar-refractivity contribution in [2.24, 2.45) is 17.3 Å². The largest absolute Gasteiger partial charge is 0.391 e. The Hall–Kier alpha value is -0.500. The van der Waals surface area contributed by atoms with Crippen LogP contribution in [0.2, 0.25) is 0 Å². The predicted molar refractivity (Wildman–Crippen MR) is 82.3 cm³/mol. The van der Waals surface area contributed by atoms with Crippen molar-refractivity contribution in [2.75, 3.05) is 6.54 Å². The Bertz CT molecular complexity index is 548. The average Bonchev–Trinajstić information content (AvgIpc) is 2.73. The van der Waals surface area contributed by atoms with Crippen LogP contribution < -0.4 is 4.72 Å². The zero-order chi connectivity index (χ0) is 16.1. The molecule has 2 N–H and O–H groups in total. The van der Waals surface area contributed by atoms with E-state index in [2.05, 4.69) is 18.6 Å². The van der Waals surface area contributed by atoms with Gasteiger partial charge in [-0.2, -0.15) is 17.4 Å². The summed E-state index contributed by atoms with van der Waals surface area (Å²) in [5.74, 6) is 0.960. The molecule has 0 aromatic carbocycles. The fraction of sp³-hybridized carbons (Fsp3) is 0.933. The van der Waals surface area contributed by atoms with Crippen LogP contribution in [0.25, 0.3) is 0 Å². The maximum atomic E-state index is 12.2. The van der Waals surface area contributed by atoms with Gasteiger partial charge in [0.25, 0.3) is 10.2 Å². The Kier molecular flexibility index (Phi) is 4.12. The SMILES string of the molecule is CC1(C)CCC2CC(O)C(N3CC(C=O)NS3(=O)=O)CC2C1. The van der Waals surface area contributed by atoms with Crippen molar-refractivity contribution in [1.29, 1.82) is 0 Å². The number of carbonyl (C=O) groups is 1. The Morgan fingerprint density at radius 3 is 2.64 bits per heavy atom. The predicted octanol–water partition coefficient (Wildman–Crippen LogP) is 0.670. The molecule has 3 rings (SSSR count). The number of aldehydes is 1. The molecule has 3 aliphatic rings. The van der Waals surface area contributed by atoms with Gasteiger partial charge in [0, 0.05) is 6.54 Å². The van der Waals surface area contributed by atoms with E-state index in [0.717, 1.165) is 12.8 Å². The summed E-state index contributed by atoms with van der Waals surface area (Å²) in [5, 5.41) is 10.5. The van der Waals surface area contributed by atoms with E-state index in [1.54, 1.807) is 0 Å². The maximum Gasteiger partial charge on any atom is 0.280 e. The highest BCUT2D eigenvalue weighted by Crippen LogP contribution is 2.49. The second-order valence-corrected chi connectivity index (χ2v) is 9.62. The monoisotopic (exact) mass is 330 g/mol. The van der Waals surface area contributed by atoms with Gasteiger partial charge in [0.2, 0.25) is 0 Å². The number of fused-ring (bicyclic) bond motifs is 1. The Labute approximate surface area is 132 Å². The molecule has 7 heteroatoms. The van der Waals surface area contributed by atoms with Crippen molar-refractivity contribution >= 4 is 16.5 Å². The van der Waals surface area contributed by atoms with Crippen LogP contribution in [0.15, 0.2) is 0 Å². The standard InChI is InChI=1S/C15H26N2O4S/c1-15(2)4-3-10-6-14(19)13(5-11(10)7-15)17-8-12(9-18)16-22(17,20)21/h9-14,16,19H,3-8H2,1-2H3. The topological polar surface area (TPSA) is 86.7 Å². The minimum atomic E-state index is -3.66. The first-order chi connectivity index (χ1) is 10.2. The van der Waals surface area contributed by atoms with Crippen molar-refractivity contribution in [3.63, 3.8) is 0 Å². The number of nitrogens with one attached hydrogen (secondary N) is 1. The van der Waals surface area contributed by atoms with Gasteiger partial charge in [0.1, 0.15) is 6.29 Å². The van der Waals surface area contributed by atoms with Gasteiger partial charge in [0.15, 0.2) is 0 Å². The Morgan fingerprint density at radius 1 is 1.27 bits per heavy atom. The van der Waals surface area contributed by atoms with Crippen LogP contribution in [0.3, 0.4) is 0 Å². The smallest absolute Gasteiger partial charge is 0.280 e. The lowest BCUT2D eigenvalue weighted by Crippen LogP contribution is -2.52. The molecule has 0 amide bonds. The van der Waals surface area contributed by atoms with E-state index >= 15 is 0 Å². The molecule has 0 spiro atoms. The van der Waals surface area contributed by atoms with E-state index < -0.39 is 28.4 Å². The molecule has 5 atom stereocenters. The number of nitrogens with zero attached hydrogens (tertiary/aromatic N) is 1. The van der Waals surface area contributed by atoms with Crippen LogP contribution in [0.1, 0.15) is 46.0 Å². The number of carbonyl (C=O) groups excluding carboxylic acids is 1. The fourth-order valence-electron chi connectivity index (χ4n) is 4.59. The summed E-state index contributed by atoms with van der Waals surface area (Å²) in [5.41, 5.74) is 0.293. The summed E-state index contributed by atoms with van der Waals surface area (Å²) >= 11 is 0. The average molecular weight is 330 g/mol. The van der Waals surface area contributed by atoms with Crippen molar-refractivity contribution in [2.45, 2.75) is 64.1 Å². The van der Waals surface area contributed by atoms with Gasteiger partial charge < -0.3 is 9.90 Å². The van der Waals surface area contributed by atoms with E-state index in [0.29, 0.717) is 36.4 Å². The number of hydrogen-bond donors (Lipinski definition) is 2. The lowest BCUT2D eigenvalue weighted by molar-refractivity contribution is -0.109. The highest BCUT2D eigenvalue weighted by Gasteiger charge is 2.48. The number of aliphatic hydroxyl groups excluding tert-OH is 1. The molecule has 3 fully saturated rings. The zero-order valence-corrected chi connectivity index (χ0v) is 14.1. The van der Waals surface area contributed by atoms with Crippen LogP contribution >= 0.6 is 0 Å². The van der Waals surface area contributed by atoms with Gasteiger partial charge in [-0.05, 0) is 49.4 Å². The van der Waals surface area contributed by atoms with E-state index in [1.165, 1.54) is 10.7 Å². The molecule has 0 radical (unpaired) electrons. The lowest BCUT2D eigenvalue weighted by atomic mass is 9.61. The minimum Gasteiger partial charge on any atom is -0.391 e. The Balaban J connectivity index is 1.78. The van der Waals surface area contributed by atoms with E-state index in [4.69, 9.17) is 0 Å². The molecule has 126 valence electrons. The fourth-order valence-corrected chi connectivity index (χ4v) is 6.18. The van der Waals surface area contributed by atoms with Gasteiger partial charge >= 0.3 is 0 Å². The van der Waals surface area contributed by atoms with E-state index in [-0.39, 0.29) is 6.54 Å². The van der Waals surface area contributed by atoms with E-state index in [1.807, 2.05) is 0 Å². The summed E-state index contributed by atoms with van der Waals surface area (Å²) in [7, 11) is -3.66. The van der Waals surface area contributed by atoms with Crippen LogP contribution in [0.5, 0.6) is 0 Å². The first-order valence-electron chi connectivity index (χ1n) is 8.14. The first-order valence-corrected chi connectivity index (χ1v) is 9.58. The number of hydrogen-bond acceptors (Lipinski definition) is 4. The van der Waals surface area contributed by atoms with Crippen molar-refractivity contribution < 1.29 is 18.3 Å². The third kappa shape index (κ3) is 2.96. The molecule has 1 aliphatic heterocycles. The molecule has 5 unspecified atom stereocenters. The molecule has 2 aliphatic carbocycles. The van der Waals surface area contributed by atoms with Crippen molar-refractivity contribution in [3.8, 4) is 0 Å². The molecule has 6 nitrogen and oxygen atoms in total. The Morgan fingerprint density at radius 2 is 2.00 bits per heavy atom. The summed E-state index contributed by atoms with van der Waals surface area (Å²) in [6, 6.07) is -1.10. The van der Waals surface area contributed by atoms with E-state index in [9.17, 15) is 18.3 Å². The lowest BCUT2D eigenvalue weighted by Gasteiger charge is -2.48. The maximum absolute atomic E-state index is 12.2. The number of rotatable bonds is 2. The molecule has 2 saturated carbocycles. The third-order valence-corrected chi connectivity index (χ3v) is 7.36. The summed E-state index contributed by atoms with van der Waals surface area (Å²) in [6.45, 7) is 4.66. The quantitative estimate of drug-likeness (QED) is 0.729. The molecule has 0 aromatic heterocycles. The van der Waals surface area contributed by atoms with Gasteiger partial charge in [-0.3, -0.25) is 0 Å². The molecule has 1 saturated heterocycles. The van der Waals surface area contributed by atoms with Crippen LogP contribution in [-0.2, 0) is 15.0 Å². The second-order valence-electron chi connectivity index (χ2n) is 7.97. The highest BCUT2D eigenvalue weighted by molar-refractivity contribution is 7.87. The van der Waals surface area contributed by atoms with Gasteiger partial charge in [0.05, 0.1) is 18.2 Å². The number of aliphatic hydroxyl groups is 1.